The lowest BCUT2D eigenvalue weighted by Crippen LogP contribution is -2.20. The fraction of sp³-hybridized carbons (Fsp3) is 0.167. The summed E-state index contributed by atoms with van der Waals surface area (Å²) in [6.07, 6.45) is 1.13. The minimum Gasteiger partial charge on any atom is -0.354 e. The second-order valence-corrected chi connectivity index (χ2v) is 5.42. The molecule has 0 unspecified atom stereocenters. The van der Waals surface area contributed by atoms with E-state index in [1.807, 2.05) is 30.3 Å². The van der Waals surface area contributed by atoms with Crippen molar-refractivity contribution in [3.05, 3.63) is 87.6 Å². The van der Waals surface area contributed by atoms with Crippen molar-refractivity contribution in [2.75, 3.05) is 11.9 Å². The molecule has 1 aromatic heterocycles. The van der Waals surface area contributed by atoms with E-state index >= 15 is 0 Å². The van der Waals surface area contributed by atoms with E-state index in [0.29, 0.717) is 31.0 Å². The van der Waals surface area contributed by atoms with Gasteiger partial charge in [-0.25, -0.2) is 4.39 Å². The third kappa shape index (κ3) is 4.25. The Bertz CT molecular complexity index is 847. The van der Waals surface area contributed by atoms with Gasteiger partial charge in [0.1, 0.15) is 11.5 Å². The zero-order chi connectivity index (χ0) is 16.8. The van der Waals surface area contributed by atoms with E-state index in [0.717, 1.165) is 11.1 Å². The molecule has 0 saturated carbocycles. The molecule has 2 N–H and O–H groups in total. The van der Waals surface area contributed by atoms with E-state index in [-0.39, 0.29) is 11.4 Å². The van der Waals surface area contributed by atoms with Gasteiger partial charge in [0.15, 0.2) is 0 Å². The molecule has 3 rings (SSSR count). The molecule has 6 heteroatoms. The average molecular weight is 324 g/mol. The second kappa shape index (κ2) is 7.50. The van der Waals surface area contributed by atoms with Crippen LogP contribution in [0, 0.1) is 5.82 Å². The molecule has 1 heterocycles. The molecule has 122 valence electrons. The van der Waals surface area contributed by atoms with Crippen LogP contribution in [0.25, 0.3) is 0 Å². The van der Waals surface area contributed by atoms with E-state index < -0.39 is 0 Å². The molecule has 0 aliphatic carbocycles. The SMILES string of the molecule is O=c1[nH]c(NCCc2ccc(F)cc2)nnc1Cc1ccccc1. The van der Waals surface area contributed by atoms with Crippen LogP contribution in [0.1, 0.15) is 16.8 Å². The lowest BCUT2D eigenvalue weighted by molar-refractivity contribution is 0.627. The van der Waals surface area contributed by atoms with Crippen molar-refractivity contribution in [2.24, 2.45) is 0 Å². The van der Waals surface area contributed by atoms with Gasteiger partial charge < -0.3 is 5.32 Å². The first-order valence-electron chi connectivity index (χ1n) is 7.69. The normalized spacial score (nSPS) is 10.5. The van der Waals surface area contributed by atoms with Gasteiger partial charge in [-0.3, -0.25) is 9.78 Å². The van der Waals surface area contributed by atoms with Gasteiger partial charge in [0, 0.05) is 13.0 Å². The van der Waals surface area contributed by atoms with Gasteiger partial charge in [0.2, 0.25) is 5.95 Å². The molecular weight excluding hydrogens is 307 g/mol. The van der Waals surface area contributed by atoms with E-state index in [2.05, 4.69) is 20.5 Å². The number of rotatable bonds is 6. The van der Waals surface area contributed by atoms with Crippen molar-refractivity contribution in [2.45, 2.75) is 12.8 Å². The van der Waals surface area contributed by atoms with Crippen molar-refractivity contribution in [3.63, 3.8) is 0 Å². The number of aromatic amines is 1. The van der Waals surface area contributed by atoms with Gasteiger partial charge in [0.25, 0.3) is 5.56 Å². The zero-order valence-corrected chi connectivity index (χ0v) is 13.0. The van der Waals surface area contributed by atoms with E-state index in [1.54, 1.807) is 12.1 Å². The standard InChI is InChI=1S/C18H17FN4O/c19-15-8-6-13(7-9-15)10-11-20-18-21-17(24)16(22-23-18)12-14-4-2-1-3-5-14/h1-9H,10-12H2,(H2,20,21,23,24). The topological polar surface area (TPSA) is 70.7 Å². The fourth-order valence-corrected chi connectivity index (χ4v) is 2.32. The van der Waals surface area contributed by atoms with Crippen LogP contribution in [0.4, 0.5) is 10.3 Å². The number of benzene rings is 2. The molecule has 0 bridgehead atoms. The fourth-order valence-electron chi connectivity index (χ4n) is 2.32. The smallest absolute Gasteiger partial charge is 0.274 e. The maximum atomic E-state index is 12.8. The summed E-state index contributed by atoms with van der Waals surface area (Å²) in [5.74, 6) is 0.0786. The quantitative estimate of drug-likeness (QED) is 0.731. The molecule has 0 atom stereocenters. The van der Waals surface area contributed by atoms with Gasteiger partial charge >= 0.3 is 0 Å². The number of hydrogen-bond donors (Lipinski definition) is 2. The minimum absolute atomic E-state index is 0.252. The summed E-state index contributed by atoms with van der Waals surface area (Å²) < 4.78 is 12.8. The van der Waals surface area contributed by atoms with Gasteiger partial charge in [-0.05, 0) is 29.7 Å². The highest BCUT2D eigenvalue weighted by atomic mass is 19.1. The highest BCUT2D eigenvalue weighted by molar-refractivity contribution is 5.25. The second-order valence-electron chi connectivity index (χ2n) is 5.42. The first-order valence-corrected chi connectivity index (χ1v) is 7.69. The van der Waals surface area contributed by atoms with E-state index in [1.165, 1.54) is 12.1 Å². The minimum atomic E-state index is -0.254. The third-order valence-electron chi connectivity index (χ3n) is 3.60. The number of nitrogens with one attached hydrogen (secondary N) is 2. The Morgan fingerprint density at radius 1 is 0.958 bits per heavy atom. The highest BCUT2D eigenvalue weighted by Gasteiger charge is 2.05. The summed E-state index contributed by atoms with van der Waals surface area (Å²) in [6, 6.07) is 16.0. The molecule has 5 nitrogen and oxygen atoms in total. The number of hydrogen-bond acceptors (Lipinski definition) is 4. The first-order chi connectivity index (χ1) is 11.7. The van der Waals surface area contributed by atoms with Crippen molar-refractivity contribution in [1.82, 2.24) is 15.2 Å². The van der Waals surface area contributed by atoms with E-state index in [4.69, 9.17) is 0 Å². The summed E-state index contributed by atoms with van der Waals surface area (Å²) in [4.78, 5) is 14.8. The predicted molar refractivity (Wildman–Crippen MR) is 90.5 cm³/mol. The molecule has 0 fully saturated rings. The van der Waals surface area contributed by atoms with Crippen LogP contribution in [-0.2, 0) is 12.8 Å². The Kier molecular flexibility index (Phi) is 4.96. The van der Waals surface area contributed by atoms with Crippen molar-refractivity contribution >= 4 is 5.95 Å². The zero-order valence-electron chi connectivity index (χ0n) is 13.0. The molecule has 2 aromatic carbocycles. The van der Waals surface area contributed by atoms with Crippen LogP contribution in [0.5, 0.6) is 0 Å². The number of anilines is 1. The number of H-pyrrole nitrogens is 1. The molecular formula is C18H17FN4O. The summed E-state index contributed by atoms with van der Waals surface area (Å²) >= 11 is 0. The Labute approximate surface area is 138 Å². The molecule has 0 spiro atoms. The summed E-state index contributed by atoms with van der Waals surface area (Å²) in [6.45, 7) is 0.564. The molecule has 0 radical (unpaired) electrons. The lowest BCUT2D eigenvalue weighted by atomic mass is 10.1. The highest BCUT2D eigenvalue weighted by Crippen LogP contribution is 2.05. The van der Waals surface area contributed by atoms with Crippen LogP contribution >= 0.6 is 0 Å². The van der Waals surface area contributed by atoms with Crippen LogP contribution in [-0.4, -0.2) is 21.7 Å². The van der Waals surface area contributed by atoms with Gasteiger partial charge in [-0.2, -0.15) is 0 Å². The van der Waals surface area contributed by atoms with Crippen molar-refractivity contribution < 1.29 is 4.39 Å². The lowest BCUT2D eigenvalue weighted by Gasteiger charge is -2.06. The van der Waals surface area contributed by atoms with Crippen molar-refractivity contribution in [1.29, 1.82) is 0 Å². The van der Waals surface area contributed by atoms with Crippen LogP contribution in [0.15, 0.2) is 59.4 Å². The monoisotopic (exact) mass is 324 g/mol. The Morgan fingerprint density at radius 2 is 1.71 bits per heavy atom. The molecule has 0 saturated heterocycles. The molecule has 0 aliphatic heterocycles. The first kappa shape index (κ1) is 15.9. The molecule has 0 amide bonds. The maximum absolute atomic E-state index is 12.8. The van der Waals surface area contributed by atoms with Gasteiger partial charge in [-0.15, -0.1) is 10.2 Å². The Morgan fingerprint density at radius 3 is 2.42 bits per heavy atom. The average Bonchev–Trinajstić information content (AvgIpc) is 2.60. The summed E-state index contributed by atoms with van der Waals surface area (Å²) in [7, 11) is 0. The largest absolute Gasteiger partial charge is 0.354 e. The maximum Gasteiger partial charge on any atom is 0.274 e. The van der Waals surface area contributed by atoms with Crippen molar-refractivity contribution in [3.8, 4) is 0 Å². The van der Waals surface area contributed by atoms with Crippen LogP contribution in [0.2, 0.25) is 0 Å². The van der Waals surface area contributed by atoms with Gasteiger partial charge in [0.05, 0.1) is 0 Å². The summed E-state index contributed by atoms with van der Waals surface area (Å²) in [5.41, 5.74) is 2.14. The van der Waals surface area contributed by atoms with Crippen LogP contribution in [0.3, 0.4) is 0 Å². The molecule has 24 heavy (non-hydrogen) atoms. The third-order valence-corrected chi connectivity index (χ3v) is 3.60. The molecule has 0 aliphatic rings. The van der Waals surface area contributed by atoms with Gasteiger partial charge in [-0.1, -0.05) is 42.5 Å². The number of halogens is 1. The predicted octanol–water partition coefficient (Wildman–Crippen LogP) is 2.55. The molecule has 3 aromatic rings. The number of nitrogens with zero attached hydrogens (tertiary/aromatic N) is 2. The van der Waals surface area contributed by atoms with Crippen LogP contribution < -0.4 is 10.9 Å². The van der Waals surface area contributed by atoms with E-state index in [9.17, 15) is 9.18 Å². The Hall–Kier alpha value is -3.02. The Balaban J connectivity index is 1.58. The summed E-state index contributed by atoms with van der Waals surface area (Å²) in [5, 5.41) is 11.0. The number of aromatic nitrogens is 3.